The number of nitro benzene ring substituents is 1. The average Bonchev–Trinajstić information content (AvgIpc) is 2.48. The third-order valence-corrected chi connectivity index (χ3v) is 3.96. The maximum atomic E-state index is 11.3. The summed E-state index contributed by atoms with van der Waals surface area (Å²) in [5.74, 6) is 0.999. The SMILES string of the molecule is CC1NCCCC1Nc1cc2c(cc1[N+](=O)[O-])OCCO2. The number of benzene rings is 1. The molecule has 2 aliphatic heterocycles. The van der Waals surface area contributed by atoms with Crippen LogP contribution in [0.2, 0.25) is 0 Å². The number of nitro groups is 1. The van der Waals surface area contributed by atoms with Gasteiger partial charge in [-0.3, -0.25) is 10.1 Å². The van der Waals surface area contributed by atoms with Gasteiger partial charge in [0.1, 0.15) is 18.9 Å². The van der Waals surface area contributed by atoms with Crippen molar-refractivity contribution in [3.05, 3.63) is 22.2 Å². The van der Waals surface area contributed by atoms with Crippen molar-refractivity contribution >= 4 is 11.4 Å². The van der Waals surface area contributed by atoms with Crippen molar-refractivity contribution in [2.75, 3.05) is 25.1 Å². The topological polar surface area (TPSA) is 85.7 Å². The fourth-order valence-electron chi connectivity index (χ4n) is 2.79. The Hall–Kier alpha value is -2.02. The number of nitrogens with one attached hydrogen (secondary N) is 2. The van der Waals surface area contributed by atoms with Crippen LogP contribution in [0.25, 0.3) is 0 Å². The summed E-state index contributed by atoms with van der Waals surface area (Å²) >= 11 is 0. The van der Waals surface area contributed by atoms with Crippen LogP contribution in [0.4, 0.5) is 11.4 Å². The number of ether oxygens (including phenoxy) is 2. The molecule has 7 heteroatoms. The Balaban J connectivity index is 1.90. The molecule has 2 N–H and O–H groups in total. The first-order chi connectivity index (χ1) is 10.1. The van der Waals surface area contributed by atoms with Gasteiger partial charge < -0.3 is 20.1 Å². The Morgan fingerprint density at radius 2 is 2.05 bits per heavy atom. The van der Waals surface area contributed by atoms with E-state index < -0.39 is 0 Å². The molecule has 0 aliphatic carbocycles. The van der Waals surface area contributed by atoms with Crippen LogP contribution in [-0.2, 0) is 0 Å². The van der Waals surface area contributed by atoms with Gasteiger partial charge in [0.15, 0.2) is 11.5 Å². The molecular formula is C14H19N3O4. The first kappa shape index (κ1) is 13.9. The van der Waals surface area contributed by atoms with Gasteiger partial charge in [-0.05, 0) is 26.3 Å². The molecule has 1 aromatic carbocycles. The number of hydrogen-bond acceptors (Lipinski definition) is 6. The lowest BCUT2D eigenvalue weighted by molar-refractivity contribution is -0.384. The maximum absolute atomic E-state index is 11.3. The van der Waals surface area contributed by atoms with E-state index in [4.69, 9.17) is 9.47 Å². The minimum absolute atomic E-state index is 0.0250. The summed E-state index contributed by atoms with van der Waals surface area (Å²) in [5, 5.41) is 18.0. The van der Waals surface area contributed by atoms with Gasteiger partial charge >= 0.3 is 0 Å². The third-order valence-electron chi connectivity index (χ3n) is 3.96. The van der Waals surface area contributed by atoms with Crippen LogP contribution in [0, 0.1) is 10.1 Å². The van der Waals surface area contributed by atoms with Gasteiger partial charge in [-0.25, -0.2) is 0 Å². The quantitative estimate of drug-likeness (QED) is 0.654. The van der Waals surface area contributed by atoms with Crippen molar-refractivity contribution in [3.8, 4) is 11.5 Å². The number of rotatable bonds is 3. The zero-order valence-electron chi connectivity index (χ0n) is 11.9. The van der Waals surface area contributed by atoms with Crippen LogP contribution >= 0.6 is 0 Å². The van der Waals surface area contributed by atoms with Gasteiger partial charge in [0, 0.05) is 18.2 Å². The molecule has 1 aromatic rings. The molecule has 21 heavy (non-hydrogen) atoms. The highest BCUT2D eigenvalue weighted by atomic mass is 16.6. The maximum Gasteiger partial charge on any atom is 0.296 e. The highest BCUT2D eigenvalue weighted by molar-refractivity contribution is 5.69. The largest absolute Gasteiger partial charge is 0.486 e. The lowest BCUT2D eigenvalue weighted by Gasteiger charge is -2.31. The second-order valence-corrected chi connectivity index (χ2v) is 5.41. The van der Waals surface area contributed by atoms with E-state index in [1.54, 1.807) is 6.07 Å². The third kappa shape index (κ3) is 2.87. The summed E-state index contributed by atoms with van der Waals surface area (Å²) in [6, 6.07) is 3.55. The average molecular weight is 293 g/mol. The highest BCUT2D eigenvalue weighted by Crippen LogP contribution is 2.40. The lowest BCUT2D eigenvalue weighted by Crippen LogP contribution is -2.46. The summed E-state index contributed by atoms with van der Waals surface area (Å²) in [6.45, 7) is 3.95. The van der Waals surface area contributed by atoms with Crippen LogP contribution in [-0.4, -0.2) is 36.8 Å². The van der Waals surface area contributed by atoms with Gasteiger partial charge in [0.05, 0.1) is 11.0 Å². The van der Waals surface area contributed by atoms with Gasteiger partial charge in [-0.2, -0.15) is 0 Å². The van der Waals surface area contributed by atoms with Crippen LogP contribution in [0.5, 0.6) is 11.5 Å². The van der Waals surface area contributed by atoms with Crippen molar-refractivity contribution in [2.45, 2.75) is 31.8 Å². The van der Waals surface area contributed by atoms with Crippen molar-refractivity contribution in [3.63, 3.8) is 0 Å². The number of nitrogens with zero attached hydrogens (tertiary/aromatic N) is 1. The lowest BCUT2D eigenvalue weighted by atomic mass is 9.99. The second-order valence-electron chi connectivity index (χ2n) is 5.41. The van der Waals surface area contributed by atoms with E-state index in [0.717, 1.165) is 19.4 Å². The van der Waals surface area contributed by atoms with Crippen LogP contribution in [0.1, 0.15) is 19.8 Å². The molecule has 2 heterocycles. The predicted octanol–water partition coefficient (Wildman–Crippen LogP) is 1.92. The van der Waals surface area contributed by atoms with Crippen LogP contribution in [0.15, 0.2) is 12.1 Å². The molecule has 0 spiro atoms. The van der Waals surface area contributed by atoms with Crippen molar-refractivity contribution in [1.29, 1.82) is 0 Å². The Bertz CT molecular complexity index is 549. The van der Waals surface area contributed by atoms with Crippen LogP contribution in [0.3, 0.4) is 0 Å². The van der Waals surface area contributed by atoms with Gasteiger partial charge in [-0.15, -0.1) is 0 Å². The molecule has 0 aromatic heterocycles. The summed E-state index contributed by atoms with van der Waals surface area (Å²) in [6.07, 6.45) is 2.04. The molecule has 2 unspecified atom stereocenters. The Kier molecular flexibility index (Phi) is 3.83. The fraction of sp³-hybridized carbons (Fsp3) is 0.571. The van der Waals surface area contributed by atoms with E-state index in [1.807, 2.05) is 0 Å². The Morgan fingerprint density at radius 3 is 2.71 bits per heavy atom. The van der Waals surface area contributed by atoms with E-state index in [2.05, 4.69) is 17.6 Å². The number of anilines is 1. The minimum atomic E-state index is -0.387. The summed E-state index contributed by atoms with van der Waals surface area (Å²) < 4.78 is 10.9. The zero-order chi connectivity index (χ0) is 14.8. The molecule has 1 saturated heterocycles. The molecule has 3 rings (SSSR count). The monoisotopic (exact) mass is 293 g/mol. The molecule has 114 valence electrons. The van der Waals surface area contributed by atoms with E-state index in [-0.39, 0.29) is 22.7 Å². The number of piperidine rings is 1. The molecule has 0 radical (unpaired) electrons. The predicted molar refractivity (Wildman–Crippen MR) is 78.2 cm³/mol. The van der Waals surface area contributed by atoms with Gasteiger partial charge in [0.25, 0.3) is 5.69 Å². The molecule has 7 nitrogen and oxygen atoms in total. The molecule has 2 aliphatic rings. The molecule has 0 saturated carbocycles. The van der Waals surface area contributed by atoms with Gasteiger partial charge in [0.2, 0.25) is 0 Å². The van der Waals surface area contributed by atoms with E-state index >= 15 is 0 Å². The number of fused-ring (bicyclic) bond motifs is 1. The van der Waals surface area contributed by atoms with Crippen molar-refractivity contribution < 1.29 is 14.4 Å². The van der Waals surface area contributed by atoms with E-state index in [1.165, 1.54) is 6.07 Å². The summed E-state index contributed by atoms with van der Waals surface area (Å²) in [7, 11) is 0. The molecular weight excluding hydrogens is 274 g/mol. The summed E-state index contributed by atoms with van der Waals surface area (Å²) in [4.78, 5) is 10.9. The first-order valence-corrected chi connectivity index (χ1v) is 7.23. The van der Waals surface area contributed by atoms with E-state index in [0.29, 0.717) is 30.4 Å². The standard InChI is InChI=1S/C14H19N3O4/c1-9-10(3-2-4-15-9)16-11-7-13-14(21-6-5-20-13)8-12(11)17(18)19/h7-10,15-16H,2-6H2,1H3. The van der Waals surface area contributed by atoms with Crippen molar-refractivity contribution in [2.24, 2.45) is 0 Å². The molecule has 1 fully saturated rings. The zero-order valence-corrected chi connectivity index (χ0v) is 11.9. The summed E-state index contributed by atoms with van der Waals surface area (Å²) in [5.41, 5.74) is 0.516. The minimum Gasteiger partial charge on any atom is -0.486 e. The number of hydrogen-bond donors (Lipinski definition) is 2. The van der Waals surface area contributed by atoms with Crippen LogP contribution < -0.4 is 20.1 Å². The Morgan fingerprint density at radius 1 is 1.33 bits per heavy atom. The molecule has 2 atom stereocenters. The second kappa shape index (κ2) is 5.77. The fourth-order valence-corrected chi connectivity index (χ4v) is 2.79. The smallest absolute Gasteiger partial charge is 0.296 e. The molecule has 0 bridgehead atoms. The molecule has 0 amide bonds. The van der Waals surface area contributed by atoms with Crippen molar-refractivity contribution in [1.82, 2.24) is 5.32 Å². The first-order valence-electron chi connectivity index (χ1n) is 7.23. The normalized spacial score (nSPS) is 24.4. The highest BCUT2D eigenvalue weighted by Gasteiger charge is 2.26. The van der Waals surface area contributed by atoms with E-state index in [9.17, 15) is 10.1 Å². The Labute approximate surface area is 122 Å². The van der Waals surface area contributed by atoms with Gasteiger partial charge in [-0.1, -0.05) is 0 Å².